The molecule has 0 saturated carbocycles. The molecule has 2 aliphatic carbocycles. The topological polar surface area (TPSA) is 0 Å². The number of allylic oxidation sites excluding steroid dienone is 4. The first-order chi connectivity index (χ1) is 10.4. The fraction of sp³-hybridized carbons (Fsp3) is 0.200. The molecule has 0 fully saturated rings. The normalized spacial score (nSPS) is 11.1. The smallest absolute Gasteiger partial charge is 1.00 e. The summed E-state index contributed by atoms with van der Waals surface area (Å²) >= 11 is 0. The molecule has 0 saturated heterocycles. The summed E-state index contributed by atoms with van der Waals surface area (Å²) in [5, 5.41) is 0. The van der Waals surface area contributed by atoms with Crippen LogP contribution in [-0.4, -0.2) is 9.52 Å². The number of hydrogen-bond donors (Lipinski definition) is 0. The molecule has 0 heterocycles. The molecule has 0 aliphatic heterocycles. The largest absolute Gasteiger partial charge is 4.00 e. The van der Waals surface area contributed by atoms with E-state index in [1.54, 1.807) is 0 Å². The first kappa shape index (κ1) is 25.1. The third-order valence-corrected chi connectivity index (χ3v) is 3.20. The van der Waals surface area contributed by atoms with Crippen LogP contribution in [0, 0.1) is 12.1 Å². The van der Waals surface area contributed by atoms with Crippen LogP contribution in [-0.2, 0) is 32.6 Å². The van der Waals surface area contributed by atoms with Gasteiger partial charge in [-0.15, -0.1) is 12.0 Å². The Balaban J connectivity index is 0. The zero-order valence-corrected chi connectivity index (χ0v) is 17.6. The summed E-state index contributed by atoms with van der Waals surface area (Å²) in [6.07, 6.45) is 11.0. The van der Waals surface area contributed by atoms with Gasteiger partial charge in [-0.1, -0.05) is 48.5 Å². The second-order valence-electron chi connectivity index (χ2n) is 4.98. The van der Waals surface area contributed by atoms with E-state index in [4.69, 9.17) is 0 Å². The van der Waals surface area contributed by atoms with Crippen LogP contribution in [0.2, 0.25) is 13.1 Å². The minimum Gasteiger partial charge on any atom is -1.00 e. The van der Waals surface area contributed by atoms with Crippen LogP contribution in [0.25, 0.3) is 11.1 Å². The molecule has 0 amide bonds. The maximum Gasteiger partial charge on any atom is 4.00 e. The second kappa shape index (κ2) is 14.2. The van der Waals surface area contributed by atoms with Gasteiger partial charge >= 0.3 is 26.2 Å². The molecule has 4 heteroatoms. The van der Waals surface area contributed by atoms with Gasteiger partial charge in [-0.2, -0.15) is 35.9 Å². The Morgan fingerprint density at radius 3 is 2.21 bits per heavy atom. The molecule has 2 aliphatic rings. The Kier molecular flexibility index (Phi) is 14.9. The monoisotopic (exact) mass is 417 g/mol. The summed E-state index contributed by atoms with van der Waals surface area (Å²) in [5.74, 6) is 0. The third-order valence-electron chi connectivity index (χ3n) is 3.20. The zero-order valence-electron chi connectivity index (χ0n) is 14.0. The van der Waals surface area contributed by atoms with Gasteiger partial charge in [0.25, 0.3) is 0 Å². The molecule has 0 atom stereocenters. The average molecular weight is 419 g/mol. The fourth-order valence-corrected chi connectivity index (χ4v) is 2.34. The first-order valence-electron chi connectivity index (χ1n) is 7.40. The van der Waals surface area contributed by atoms with E-state index in [-0.39, 0.29) is 35.6 Å². The van der Waals surface area contributed by atoms with Crippen molar-refractivity contribution in [2.45, 2.75) is 25.9 Å². The van der Waals surface area contributed by atoms with E-state index in [1.165, 1.54) is 22.3 Å². The van der Waals surface area contributed by atoms with Crippen LogP contribution in [0.3, 0.4) is 0 Å². The number of halogens is 2. The van der Waals surface area contributed by atoms with Gasteiger partial charge < -0.3 is 9.41 Å². The van der Waals surface area contributed by atoms with E-state index >= 15 is 0 Å². The molecule has 2 aromatic carbocycles. The minimum absolute atomic E-state index is 0. The van der Waals surface area contributed by atoms with Gasteiger partial charge in [-0.05, 0) is 6.42 Å². The Hall–Kier alpha value is -1.12. The average Bonchev–Trinajstić information content (AvgIpc) is 3.19. The quantitative estimate of drug-likeness (QED) is 0.321. The van der Waals surface area contributed by atoms with Crippen molar-refractivity contribution in [3.8, 4) is 11.1 Å². The molecular weight excluding hydrogens is 398 g/mol. The van der Waals surface area contributed by atoms with Crippen molar-refractivity contribution in [3.63, 3.8) is 0 Å². The van der Waals surface area contributed by atoms with Crippen molar-refractivity contribution in [2.75, 3.05) is 0 Å². The minimum atomic E-state index is 0. The van der Waals surface area contributed by atoms with Crippen molar-refractivity contribution >= 4 is 9.52 Å². The zero-order chi connectivity index (χ0) is 14.9. The molecular formula is C20H21F2SiZr. The molecule has 123 valence electrons. The number of benzene rings is 2. The van der Waals surface area contributed by atoms with Crippen LogP contribution in [0.1, 0.15) is 17.5 Å². The van der Waals surface area contributed by atoms with Gasteiger partial charge in [-0.25, -0.2) is 12.2 Å². The molecule has 0 unspecified atom stereocenters. The molecule has 0 spiro atoms. The summed E-state index contributed by atoms with van der Waals surface area (Å²) in [7, 11) is 0.750. The van der Waals surface area contributed by atoms with Crippen molar-refractivity contribution in [1.82, 2.24) is 0 Å². The molecule has 1 radical (unpaired) electrons. The van der Waals surface area contributed by atoms with Gasteiger partial charge in [0.15, 0.2) is 0 Å². The predicted octanol–water partition coefficient (Wildman–Crippen LogP) is -1.11. The summed E-state index contributed by atoms with van der Waals surface area (Å²) < 4.78 is 0. The van der Waals surface area contributed by atoms with E-state index in [2.05, 4.69) is 67.7 Å². The van der Waals surface area contributed by atoms with E-state index in [0.717, 1.165) is 22.4 Å². The maximum absolute atomic E-state index is 3.30. The second-order valence-corrected chi connectivity index (χ2v) is 6.13. The van der Waals surface area contributed by atoms with Gasteiger partial charge in [-0.3, -0.25) is 6.08 Å². The molecule has 2 aromatic rings. The van der Waals surface area contributed by atoms with Gasteiger partial charge in [0.1, 0.15) is 0 Å². The number of hydrogen-bond acceptors (Lipinski definition) is 0. The molecule has 0 aromatic heterocycles. The van der Waals surface area contributed by atoms with Gasteiger partial charge in [0.2, 0.25) is 0 Å². The van der Waals surface area contributed by atoms with Crippen LogP contribution < -0.4 is 9.41 Å². The van der Waals surface area contributed by atoms with Crippen molar-refractivity contribution < 1.29 is 35.6 Å². The van der Waals surface area contributed by atoms with Crippen LogP contribution >= 0.6 is 0 Å². The number of rotatable bonds is 0. The molecule has 0 bridgehead atoms. The summed E-state index contributed by atoms with van der Waals surface area (Å²) in [6.45, 7) is 4.42. The van der Waals surface area contributed by atoms with Crippen molar-refractivity contribution in [2.24, 2.45) is 0 Å². The van der Waals surface area contributed by atoms with Crippen LogP contribution in [0.4, 0.5) is 0 Å². The molecule has 4 rings (SSSR count). The molecule has 0 nitrogen and oxygen atoms in total. The first-order valence-corrected chi connectivity index (χ1v) is 9.71. The summed E-state index contributed by atoms with van der Waals surface area (Å²) in [5.41, 5.74) is 5.51. The molecule has 0 N–H and O–H groups in total. The number of fused-ring (bicyclic) bond motifs is 3. The van der Waals surface area contributed by atoms with Crippen LogP contribution in [0.15, 0.2) is 60.7 Å². The maximum atomic E-state index is 3.30. The van der Waals surface area contributed by atoms with Crippen LogP contribution in [0.5, 0.6) is 0 Å². The van der Waals surface area contributed by atoms with Crippen molar-refractivity contribution in [3.05, 3.63) is 84.0 Å². The summed E-state index contributed by atoms with van der Waals surface area (Å²) in [4.78, 5) is 0. The Morgan fingerprint density at radius 2 is 1.62 bits per heavy atom. The summed E-state index contributed by atoms with van der Waals surface area (Å²) in [6, 6.07) is 18.1. The predicted molar refractivity (Wildman–Crippen MR) is 94.0 cm³/mol. The van der Waals surface area contributed by atoms with Gasteiger partial charge in [0.05, 0.1) is 0 Å². The Morgan fingerprint density at radius 1 is 0.958 bits per heavy atom. The standard InChI is InChI=1S/C13H9.C5H5.C2H7Si.2FH.Zr/c1-3-7-12-10(5-1)9-11-6-2-4-8-13(11)12;1-2-4-5-3-1;1-3-2;;;/h1-5,7-8H,9H2;1-3H,4H2;3H,1-2H3;2*1H;/q2*-1;;;;+4/p-2. The van der Waals surface area contributed by atoms with E-state index in [9.17, 15) is 0 Å². The van der Waals surface area contributed by atoms with E-state index in [1.807, 2.05) is 18.2 Å². The van der Waals surface area contributed by atoms with Crippen molar-refractivity contribution in [1.29, 1.82) is 0 Å². The Bertz CT molecular complexity index is 586. The SMILES string of the molecule is C[SiH]C.[C-]1=CC=CC1.[F-].[F-].[Zr+4].[c-]1cccc2c1Cc1ccccc1-2. The van der Waals surface area contributed by atoms with E-state index in [0.29, 0.717) is 0 Å². The third kappa shape index (κ3) is 7.19. The Labute approximate surface area is 165 Å². The van der Waals surface area contributed by atoms with Gasteiger partial charge in [0, 0.05) is 9.52 Å². The van der Waals surface area contributed by atoms with E-state index < -0.39 is 0 Å². The fourth-order valence-electron chi connectivity index (χ4n) is 2.34. The molecule has 24 heavy (non-hydrogen) atoms.